The third-order valence-electron chi connectivity index (χ3n) is 2.81. The molecule has 0 spiro atoms. The van der Waals surface area contributed by atoms with E-state index >= 15 is 0 Å². The number of amides is 1. The fourth-order valence-electron chi connectivity index (χ4n) is 1.24. The molecule has 0 radical (unpaired) electrons. The zero-order valence-corrected chi connectivity index (χ0v) is 10.6. The fraction of sp³-hybridized carbons (Fsp3) is 0.500. The first kappa shape index (κ1) is 13.4. The van der Waals surface area contributed by atoms with Gasteiger partial charge in [0.2, 0.25) is 5.88 Å². The Balaban J connectivity index is 2.73. The Labute approximate surface area is 101 Å². The number of pyridine rings is 1. The van der Waals surface area contributed by atoms with Crippen molar-refractivity contribution in [1.29, 1.82) is 0 Å². The summed E-state index contributed by atoms with van der Waals surface area (Å²) in [6.45, 7) is 3.65. The molecule has 1 aromatic heterocycles. The van der Waals surface area contributed by atoms with Crippen LogP contribution in [0.1, 0.15) is 20.3 Å². The molecular formula is C12H18N2O3. The van der Waals surface area contributed by atoms with Gasteiger partial charge in [-0.25, -0.2) is 4.98 Å². The van der Waals surface area contributed by atoms with Gasteiger partial charge in [-0.15, -0.1) is 0 Å². The number of nitrogens with one attached hydrogen (secondary N) is 1. The van der Waals surface area contributed by atoms with E-state index < -0.39 is 5.60 Å². The third-order valence-corrected chi connectivity index (χ3v) is 2.81. The maximum Gasteiger partial charge on any atom is 0.256 e. The summed E-state index contributed by atoms with van der Waals surface area (Å²) in [6.07, 6.45) is 2.14. The summed E-state index contributed by atoms with van der Waals surface area (Å²) in [5, 5.41) is 2.75. The van der Waals surface area contributed by atoms with Crippen molar-refractivity contribution in [3.8, 4) is 5.88 Å². The minimum absolute atomic E-state index is 0.186. The lowest BCUT2D eigenvalue weighted by molar-refractivity contribution is -0.136. The molecule has 0 aliphatic rings. The molecule has 1 unspecified atom stereocenters. The van der Waals surface area contributed by atoms with Crippen LogP contribution in [-0.2, 0) is 9.53 Å². The highest BCUT2D eigenvalue weighted by Crippen LogP contribution is 2.18. The third kappa shape index (κ3) is 3.17. The molecule has 0 saturated carbocycles. The highest BCUT2D eigenvalue weighted by molar-refractivity contribution is 5.96. The maximum atomic E-state index is 12.0. The van der Waals surface area contributed by atoms with Gasteiger partial charge in [-0.1, -0.05) is 6.92 Å². The monoisotopic (exact) mass is 238 g/mol. The van der Waals surface area contributed by atoms with E-state index in [1.807, 2.05) is 6.92 Å². The lowest BCUT2D eigenvalue weighted by Gasteiger charge is -2.25. The first-order chi connectivity index (χ1) is 8.05. The Hall–Kier alpha value is -1.62. The Kier molecular flexibility index (Phi) is 4.45. The van der Waals surface area contributed by atoms with Gasteiger partial charge in [-0.3, -0.25) is 4.79 Å². The summed E-state index contributed by atoms with van der Waals surface area (Å²) in [6, 6.07) is 3.42. The molecule has 94 valence electrons. The minimum atomic E-state index is -0.820. The number of ether oxygens (including phenoxy) is 2. The van der Waals surface area contributed by atoms with Gasteiger partial charge in [0, 0.05) is 13.2 Å². The molecule has 1 rings (SSSR count). The van der Waals surface area contributed by atoms with Gasteiger partial charge < -0.3 is 14.8 Å². The molecule has 0 bridgehead atoms. The van der Waals surface area contributed by atoms with Crippen LogP contribution in [0.15, 0.2) is 18.3 Å². The number of aromatic nitrogens is 1. The van der Waals surface area contributed by atoms with Gasteiger partial charge in [-0.05, 0) is 19.4 Å². The van der Waals surface area contributed by atoms with Crippen molar-refractivity contribution in [2.75, 3.05) is 19.5 Å². The molecule has 1 amide bonds. The first-order valence-corrected chi connectivity index (χ1v) is 5.42. The molecular weight excluding hydrogens is 220 g/mol. The average Bonchev–Trinajstić information content (AvgIpc) is 2.38. The van der Waals surface area contributed by atoms with Gasteiger partial charge >= 0.3 is 0 Å². The first-order valence-electron chi connectivity index (χ1n) is 5.42. The van der Waals surface area contributed by atoms with E-state index in [-0.39, 0.29) is 5.91 Å². The Bertz CT molecular complexity index is 372. The van der Waals surface area contributed by atoms with Crippen LogP contribution in [0.4, 0.5) is 5.69 Å². The number of hydrogen-bond acceptors (Lipinski definition) is 4. The van der Waals surface area contributed by atoms with E-state index in [0.717, 1.165) is 0 Å². The second-order valence-electron chi connectivity index (χ2n) is 3.83. The van der Waals surface area contributed by atoms with Crippen LogP contribution in [0.3, 0.4) is 0 Å². The Morgan fingerprint density at radius 1 is 1.47 bits per heavy atom. The van der Waals surface area contributed by atoms with Gasteiger partial charge in [0.15, 0.2) is 0 Å². The van der Waals surface area contributed by atoms with Gasteiger partial charge in [-0.2, -0.15) is 0 Å². The molecule has 0 fully saturated rings. The van der Waals surface area contributed by atoms with Crippen LogP contribution in [0.5, 0.6) is 5.88 Å². The molecule has 17 heavy (non-hydrogen) atoms. The highest BCUT2D eigenvalue weighted by Gasteiger charge is 2.30. The molecule has 5 nitrogen and oxygen atoms in total. The largest absolute Gasteiger partial charge is 0.481 e. The summed E-state index contributed by atoms with van der Waals surface area (Å²) in [5.74, 6) is 0.322. The highest BCUT2D eigenvalue weighted by atomic mass is 16.5. The fourth-order valence-corrected chi connectivity index (χ4v) is 1.24. The van der Waals surface area contributed by atoms with Crippen molar-refractivity contribution >= 4 is 11.6 Å². The van der Waals surface area contributed by atoms with Crippen molar-refractivity contribution < 1.29 is 14.3 Å². The standard InChI is InChI=1S/C12H18N2O3/c1-5-12(2,17-4)11(15)14-9-6-7-10(16-3)13-8-9/h6-8H,5H2,1-4H3,(H,14,15). The Morgan fingerprint density at radius 3 is 2.59 bits per heavy atom. The number of carbonyl (C=O) groups is 1. The van der Waals surface area contributed by atoms with E-state index in [4.69, 9.17) is 9.47 Å². The summed E-state index contributed by atoms with van der Waals surface area (Å²) in [7, 11) is 3.06. The number of rotatable bonds is 5. The van der Waals surface area contributed by atoms with Crippen molar-refractivity contribution in [1.82, 2.24) is 4.98 Å². The zero-order chi connectivity index (χ0) is 12.9. The normalized spacial score (nSPS) is 13.9. The summed E-state index contributed by atoms with van der Waals surface area (Å²) in [5.41, 5.74) is -0.201. The van der Waals surface area contributed by atoms with Crippen LogP contribution < -0.4 is 10.1 Å². The van der Waals surface area contributed by atoms with Crippen molar-refractivity contribution in [3.05, 3.63) is 18.3 Å². The predicted octanol–water partition coefficient (Wildman–Crippen LogP) is 1.84. The summed E-state index contributed by atoms with van der Waals surface area (Å²) >= 11 is 0. The molecule has 1 aromatic rings. The second-order valence-corrected chi connectivity index (χ2v) is 3.83. The van der Waals surface area contributed by atoms with E-state index in [9.17, 15) is 4.79 Å². The van der Waals surface area contributed by atoms with Gasteiger partial charge in [0.05, 0.1) is 19.0 Å². The van der Waals surface area contributed by atoms with Crippen molar-refractivity contribution in [2.45, 2.75) is 25.9 Å². The van der Waals surface area contributed by atoms with E-state index in [0.29, 0.717) is 18.0 Å². The van der Waals surface area contributed by atoms with Crippen LogP contribution in [0.2, 0.25) is 0 Å². The van der Waals surface area contributed by atoms with Crippen LogP contribution >= 0.6 is 0 Å². The van der Waals surface area contributed by atoms with Crippen LogP contribution in [0, 0.1) is 0 Å². The smallest absolute Gasteiger partial charge is 0.256 e. The van der Waals surface area contributed by atoms with Gasteiger partial charge in [0.1, 0.15) is 5.60 Å². The average molecular weight is 238 g/mol. The lowest BCUT2D eigenvalue weighted by Crippen LogP contribution is -2.41. The number of nitrogens with zero attached hydrogens (tertiary/aromatic N) is 1. The van der Waals surface area contributed by atoms with Gasteiger partial charge in [0.25, 0.3) is 5.91 Å². The zero-order valence-electron chi connectivity index (χ0n) is 10.6. The van der Waals surface area contributed by atoms with E-state index in [1.165, 1.54) is 7.11 Å². The maximum absolute atomic E-state index is 12.0. The van der Waals surface area contributed by atoms with Crippen LogP contribution in [-0.4, -0.2) is 30.7 Å². The molecule has 1 heterocycles. The Morgan fingerprint density at radius 2 is 2.18 bits per heavy atom. The van der Waals surface area contributed by atoms with Crippen LogP contribution in [0.25, 0.3) is 0 Å². The second kappa shape index (κ2) is 5.63. The topological polar surface area (TPSA) is 60.5 Å². The lowest BCUT2D eigenvalue weighted by atomic mass is 10.0. The predicted molar refractivity (Wildman–Crippen MR) is 65.1 cm³/mol. The van der Waals surface area contributed by atoms with Crippen molar-refractivity contribution in [3.63, 3.8) is 0 Å². The van der Waals surface area contributed by atoms with E-state index in [2.05, 4.69) is 10.3 Å². The molecule has 1 atom stereocenters. The quantitative estimate of drug-likeness (QED) is 0.850. The molecule has 0 aromatic carbocycles. The number of hydrogen-bond donors (Lipinski definition) is 1. The van der Waals surface area contributed by atoms with E-state index in [1.54, 1.807) is 32.4 Å². The number of methoxy groups -OCH3 is 2. The number of carbonyl (C=O) groups excluding carboxylic acids is 1. The molecule has 1 N–H and O–H groups in total. The minimum Gasteiger partial charge on any atom is -0.481 e. The molecule has 5 heteroatoms. The van der Waals surface area contributed by atoms with Crippen molar-refractivity contribution in [2.24, 2.45) is 0 Å². The number of anilines is 1. The summed E-state index contributed by atoms with van der Waals surface area (Å²) in [4.78, 5) is 16.0. The molecule has 0 aliphatic carbocycles. The molecule has 0 aliphatic heterocycles. The summed E-state index contributed by atoms with van der Waals surface area (Å²) < 4.78 is 10.1. The molecule has 0 saturated heterocycles. The SMILES string of the molecule is CCC(C)(OC)C(=O)Nc1ccc(OC)nc1.